The Morgan fingerprint density at radius 1 is 1.12 bits per heavy atom. The van der Waals surface area contributed by atoms with Gasteiger partial charge in [0.05, 0.1) is 11.9 Å². The van der Waals surface area contributed by atoms with Gasteiger partial charge in [-0.05, 0) is 47.5 Å². The molecule has 0 spiro atoms. The standard InChI is InChI=1S/C19H16NO5S/c21-10-13-2-1-3-14(8-13)16(22)11-25-15-6-4-12(5-7-15)9-17-18(23)20-19(24)26-17/h1-8,17,21H,9-11H2. The van der Waals surface area contributed by atoms with Gasteiger partial charge in [-0.15, -0.1) is 0 Å². The van der Waals surface area contributed by atoms with Crippen molar-refractivity contribution in [3.05, 3.63) is 65.2 Å². The third-order valence-electron chi connectivity index (χ3n) is 3.87. The Labute approximate surface area is 154 Å². The number of imide groups is 1. The van der Waals surface area contributed by atoms with Gasteiger partial charge in [0, 0.05) is 5.56 Å². The fourth-order valence-corrected chi connectivity index (χ4v) is 3.32. The first-order valence-electron chi connectivity index (χ1n) is 7.96. The van der Waals surface area contributed by atoms with Crippen LogP contribution in [0.5, 0.6) is 5.75 Å². The van der Waals surface area contributed by atoms with Crippen LogP contribution < -0.4 is 10.1 Å². The topological polar surface area (TPSA) is 94.8 Å². The number of carbonyl (C=O) groups excluding carboxylic acids is 3. The maximum atomic E-state index is 12.2. The average Bonchev–Trinajstić information content (AvgIpc) is 2.97. The van der Waals surface area contributed by atoms with E-state index in [1.54, 1.807) is 48.5 Å². The van der Waals surface area contributed by atoms with E-state index in [1.807, 2.05) is 0 Å². The lowest BCUT2D eigenvalue weighted by Crippen LogP contribution is -2.19. The van der Waals surface area contributed by atoms with E-state index >= 15 is 0 Å². The normalized spacial score (nSPS) is 16.4. The van der Waals surface area contributed by atoms with Crippen molar-refractivity contribution < 1.29 is 24.2 Å². The van der Waals surface area contributed by atoms with Crippen molar-refractivity contribution in [3.8, 4) is 5.75 Å². The third-order valence-corrected chi connectivity index (χ3v) is 4.81. The molecule has 1 unspecified atom stereocenters. The number of rotatable bonds is 7. The molecule has 1 heterocycles. The van der Waals surface area contributed by atoms with Crippen LogP contribution >= 0.6 is 11.8 Å². The van der Waals surface area contributed by atoms with Gasteiger partial charge in [0.1, 0.15) is 5.75 Å². The van der Waals surface area contributed by atoms with Crippen LogP contribution in [-0.2, 0) is 17.8 Å². The van der Waals surface area contributed by atoms with Crippen molar-refractivity contribution in [1.29, 1.82) is 0 Å². The Balaban J connectivity index is 1.55. The molecular formula is C19H16NO5S. The molecule has 1 aliphatic heterocycles. The highest BCUT2D eigenvalue weighted by atomic mass is 32.2. The van der Waals surface area contributed by atoms with Crippen molar-refractivity contribution >= 4 is 28.7 Å². The van der Waals surface area contributed by atoms with E-state index in [-0.39, 0.29) is 19.0 Å². The zero-order valence-electron chi connectivity index (χ0n) is 13.8. The number of benzene rings is 2. The van der Waals surface area contributed by atoms with E-state index in [2.05, 4.69) is 5.32 Å². The van der Waals surface area contributed by atoms with Crippen LogP contribution in [-0.4, -0.2) is 33.9 Å². The number of aliphatic hydroxyl groups excluding tert-OH is 1. The second kappa shape index (κ2) is 8.16. The Morgan fingerprint density at radius 3 is 2.54 bits per heavy atom. The summed E-state index contributed by atoms with van der Waals surface area (Å²) in [5.74, 6) is -0.0416. The minimum atomic E-state index is -0.463. The van der Waals surface area contributed by atoms with Crippen LogP contribution in [0.3, 0.4) is 0 Å². The lowest BCUT2D eigenvalue weighted by Gasteiger charge is -2.08. The molecular weight excluding hydrogens is 354 g/mol. The molecule has 2 aromatic rings. The Morgan fingerprint density at radius 2 is 1.88 bits per heavy atom. The zero-order valence-corrected chi connectivity index (χ0v) is 14.6. The van der Waals surface area contributed by atoms with Gasteiger partial charge < -0.3 is 9.84 Å². The van der Waals surface area contributed by atoms with Gasteiger partial charge in [-0.1, -0.05) is 30.3 Å². The largest absolute Gasteiger partial charge is 0.485 e. The molecule has 3 rings (SSSR count). The number of amides is 2. The summed E-state index contributed by atoms with van der Waals surface area (Å²) in [5.41, 5.74) is 2.04. The van der Waals surface area contributed by atoms with Crippen molar-refractivity contribution in [2.75, 3.05) is 6.61 Å². The number of aliphatic hydroxyl groups is 1. The van der Waals surface area contributed by atoms with E-state index < -0.39 is 16.4 Å². The van der Waals surface area contributed by atoms with Gasteiger partial charge in [-0.25, -0.2) is 0 Å². The SMILES string of the molecule is O=C1[N]C(=O)C(Cc2ccc(OCC(=O)c3cccc(CO)c3)cc2)S1. The predicted octanol–water partition coefficient (Wildman–Crippen LogP) is 2.35. The molecule has 1 fully saturated rings. The summed E-state index contributed by atoms with van der Waals surface area (Å²) < 4.78 is 5.50. The Bertz CT molecular complexity index is 834. The molecule has 7 heteroatoms. The van der Waals surface area contributed by atoms with Gasteiger partial charge in [0.2, 0.25) is 0 Å². The van der Waals surface area contributed by atoms with Crippen LogP contribution in [0.2, 0.25) is 0 Å². The summed E-state index contributed by atoms with van der Waals surface area (Å²) in [5, 5.41) is 11.6. The van der Waals surface area contributed by atoms with Gasteiger partial charge >= 0.3 is 5.24 Å². The fraction of sp³-hybridized carbons (Fsp3) is 0.211. The van der Waals surface area contributed by atoms with Crippen molar-refractivity contribution in [2.24, 2.45) is 0 Å². The van der Waals surface area contributed by atoms with Crippen molar-refractivity contribution in [2.45, 2.75) is 18.3 Å². The van der Waals surface area contributed by atoms with Gasteiger partial charge in [0.15, 0.2) is 12.4 Å². The monoisotopic (exact) mass is 370 g/mol. The van der Waals surface area contributed by atoms with Crippen LogP contribution in [0.25, 0.3) is 0 Å². The quantitative estimate of drug-likeness (QED) is 0.752. The summed E-state index contributed by atoms with van der Waals surface area (Å²) in [7, 11) is 0. The minimum absolute atomic E-state index is 0.113. The molecule has 1 N–H and O–H groups in total. The Kier molecular flexibility index (Phi) is 5.70. The molecule has 0 aromatic heterocycles. The molecule has 2 amide bonds. The van der Waals surface area contributed by atoms with Gasteiger partial charge in [0.25, 0.3) is 5.91 Å². The second-order valence-electron chi connectivity index (χ2n) is 5.74. The smallest absolute Gasteiger partial charge is 0.308 e. The average molecular weight is 370 g/mol. The number of thioether (sulfide) groups is 1. The van der Waals surface area contributed by atoms with Crippen LogP contribution in [0.4, 0.5) is 4.79 Å². The second-order valence-corrected chi connectivity index (χ2v) is 6.89. The number of Topliss-reactive ketones (excluding diaryl/α,β-unsaturated/α-hetero) is 1. The highest BCUT2D eigenvalue weighted by Crippen LogP contribution is 2.24. The van der Waals surface area contributed by atoms with E-state index in [9.17, 15) is 14.4 Å². The number of hydrogen-bond acceptors (Lipinski definition) is 6. The maximum Gasteiger partial charge on any atom is 0.308 e. The predicted molar refractivity (Wildman–Crippen MR) is 96.3 cm³/mol. The highest BCUT2D eigenvalue weighted by Gasteiger charge is 2.33. The number of ether oxygens (including phenoxy) is 1. The zero-order chi connectivity index (χ0) is 18.5. The summed E-state index contributed by atoms with van der Waals surface area (Å²) in [6.07, 6.45) is 0.423. The molecule has 0 aliphatic carbocycles. The fourth-order valence-electron chi connectivity index (χ4n) is 2.50. The third kappa shape index (κ3) is 4.50. The molecule has 1 radical (unpaired) electrons. The van der Waals surface area contributed by atoms with Crippen LogP contribution in [0.1, 0.15) is 21.5 Å². The van der Waals surface area contributed by atoms with Crippen LogP contribution in [0, 0.1) is 0 Å². The van der Waals surface area contributed by atoms with E-state index in [1.165, 1.54) is 0 Å². The minimum Gasteiger partial charge on any atom is -0.485 e. The highest BCUT2D eigenvalue weighted by molar-refractivity contribution is 8.15. The first kappa shape index (κ1) is 18.2. The number of ketones is 1. The molecule has 0 bridgehead atoms. The molecule has 1 atom stereocenters. The molecule has 2 aromatic carbocycles. The lowest BCUT2D eigenvalue weighted by atomic mass is 10.1. The van der Waals surface area contributed by atoms with E-state index in [4.69, 9.17) is 9.84 Å². The number of hydrogen-bond donors (Lipinski definition) is 1. The molecule has 0 saturated carbocycles. The first-order chi connectivity index (χ1) is 12.5. The molecule has 26 heavy (non-hydrogen) atoms. The van der Waals surface area contributed by atoms with Crippen molar-refractivity contribution in [3.63, 3.8) is 0 Å². The van der Waals surface area contributed by atoms with Crippen molar-refractivity contribution in [1.82, 2.24) is 5.32 Å². The maximum absolute atomic E-state index is 12.2. The summed E-state index contributed by atoms with van der Waals surface area (Å²) >= 11 is 0.939. The summed E-state index contributed by atoms with van der Waals surface area (Å²) in [6, 6.07) is 13.8. The van der Waals surface area contributed by atoms with Crippen LogP contribution in [0.15, 0.2) is 48.5 Å². The van der Waals surface area contributed by atoms with Gasteiger partial charge in [-0.2, -0.15) is 5.32 Å². The van der Waals surface area contributed by atoms with E-state index in [0.717, 1.165) is 17.3 Å². The Hall–Kier alpha value is -2.64. The lowest BCUT2D eigenvalue weighted by molar-refractivity contribution is -0.119. The molecule has 1 saturated heterocycles. The molecule has 1 aliphatic rings. The number of carbonyl (C=O) groups is 3. The van der Waals surface area contributed by atoms with E-state index in [0.29, 0.717) is 23.3 Å². The van der Waals surface area contributed by atoms with Gasteiger partial charge in [-0.3, -0.25) is 14.4 Å². The molecule has 133 valence electrons. The summed E-state index contributed by atoms with van der Waals surface area (Å²) in [4.78, 5) is 34.8. The molecule has 6 nitrogen and oxygen atoms in total. The first-order valence-corrected chi connectivity index (χ1v) is 8.84. The number of nitrogens with zero attached hydrogens (tertiary/aromatic N) is 1. The summed E-state index contributed by atoms with van der Waals surface area (Å²) in [6.45, 7) is -0.233.